The van der Waals surface area contributed by atoms with Crippen molar-refractivity contribution < 1.29 is 9.53 Å². The standard InChI is InChI=1S/C8H8Br2O2S/c1-5(11)12-3-2-6-4-7(9)13-8(6)10/h4H,2-3H2,1H3. The summed E-state index contributed by atoms with van der Waals surface area (Å²) in [5.41, 5.74) is 1.16. The number of thiophene rings is 1. The molecule has 5 heteroatoms. The van der Waals surface area contributed by atoms with Crippen LogP contribution in [0.3, 0.4) is 0 Å². The monoisotopic (exact) mass is 326 g/mol. The number of hydrogen-bond donors (Lipinski definition) is 0. The van der Waals surface area contributed by atoms with Crippen molar-refractivity contribution in [1.29, 1.82) is 0 Å². The normalized spacial score (nSPS) is 10.1. The molecule has 0 aliphatic rings. The van der Waals surface area contributed by atoms with Gasteiger partial charge in [-0.2, -0.15) is 0 Å². The summed E-state index contributed by atoms with van der Waals surface area (Å²) >= 11 is 8.44. The second-order valence-electron chi connectivity index (χ2n) is 2.44. The van der Waals surface area contributed by atoms with Crippen LogP contribution in [0.25, 0.3) is 0 Å². The number of halogens is 2. The first-order valence-corrected chi connectivity index (χ1v) is 6.07. The molecule has 0 aliphatic heterocycles. The molecule has 1 rings (SSSR count). The topological polar surface area (TPSA) is 26.3 Å². The summed E-state index contributed by atoms with van der Waals surface area (Å²) in [4.78, 5) is 10.5. The van der Waals surface area contributed by atoms with Crippen molar-refractivity contribution in [3.8, 4) is 0 Å². The predicted octanol–water partition coefficient (Wildman–Crippen LogP) is 3.38. The molecule has 0 atom stereocenters. The molecule has 1 heterocycles. The van der Waals surface area contributed by atoms with Gasteiger partial charge in [0.1, 0.15) is 0 Å². The smallest absolute Gasteiger partial charge is 0.302 e. The summed E-state index contributed by atoms with van der Waals surface area (Å²) in [5.74, 6) is -0.231. The van der Waals surface area contributed by atoms with E-state index in [0.29, 0.717) is 6.61 Å². The highest BCUT2D eigenvalue weighted by Crippen LogP contribution is 2.31. The Hall–Kier alpha value is 0.130. The minimum atomic E-state index is -0.231. The van der Waals surface area contributed by atoms with Gasteiger partial charge in [-0.25, -0.2) is 0 Å². The van der Waals surface area contributed by atoms with Gasteiger partial charge in [-0.3, -0.25) is 4.79 Å². The maximum Gasteiger partial charge on any atom is 0.302 e. The van der Waals surface area contributed by atoms with Gasteiger partial charge in [0.25, 0.3) is 0 Å². The minimum Gasteiger partial charge on any atom is -0.466 e. The largest absolute Gasteiger partial charge is 0.466 e. The highest BCUT2D eigenvalue weighted by atomic mass is 79.9. The average Bonchev–Trinajstić information content (AvgIpc) is 2.29. The molecule has 0 aromatic carbocycles. The Morgan fingerprint density at radius 2 is 2.31 bits per heavy atom. The minimum absolute atomic E-state index is 0.231. The maximum absolute atomic E-state index is 10.5. The fraction of sp³-hybridized carbons (Fsp3) is 0.375. The van der Waals surface area contributed by atoms with E-state index in [4.69, 9.17) is 4.74 Å². The van der Waals surface area contributed by atoms with Crippen LogP contribution >= 0.6 is 43.2 Å². The fourth-order valence-electron chi connectivity index (χ4n) is 0.849. The van der Waals surface area contributed by atoms with E-state index in [0.717, 1.165) is 19.6 Å². The fourth-order valence-corrected chi connectivity index (χ4v) is 3.76. The zero-order valence-electron chi connectivity index (χ0n) is 6.97. The van der Waals surface area contributed by atoms with Crippen LogP contribution in [0.4, 0.5) is 0 Å². The number of carbonyl (C=O) groups is 1. The van der Waals surface area contributed by atoms with Gasteiger partial charge in [0.15, 0.2) is 0 Å². The van der Waals surface area contributed by atoms with Gasteiger partial charge >= 0.3 is 5.97 Å². The van der Waals surface area contributed by atoms with Crippen molar-refractivity contribution >= 4 is 49.2 Å². The van der Waals surface area contributed by atoms with Gasteiger partial charge < -0.3 is 4.74 Å². The Balaban J connectivity index is 2.45. The van der Waals surface area contributed by atoms with E-state index in [-0.39, 0.29) is 5.97 Å². The van der Waals surface area contributed by atoms with Crippen molar-refractivity contribution in [3.63, 3.8) is 0 Å². The Bertz CT molecular complexity index is 309. The number of hydrogen-bond acceptors (Lipinski definition) is 3. The molecule has 0 radical (unpaired) electrons. The first kappa shape index (κ1) is 11.2. The van der Waals surface area contributed by atoms with Gasteiger partial charge in [-0.15, -0.1) is 11.3 Å². The highest BCUT2D eigenvalue weighted by Gasteiger charge is 2.05. The van der Waals surface area contributed by atoms with E-state index >= 15 is 0 Å². The quantitative estimate of drug-likeness (QED) is 0.795. The van der Waals surface area contributed by atoms with Crippen molar-refractivity contribution in [2.45, 2.75) is 13.3 Å². The van der Waals surface area contributed by atoms with Crippen LogP contribution in [0.2, 0.25) is 0 Å². The number of rotatable bonds is 3. The van der Waals surface area contributed by atoms with Crippen LogP contribution in [0.15, 0.2) is 13.6 Å². The van der Waals surface area contributed by atoms with Gasteiger partial charge in [0.2, 0.25) is 0 Å². The van der Waals surface area contributed by atoms with Gasteiger partial charge in [-0.05, 0) is 43.5 Å². The van der Waals surface area contributed by atoms with Crippen molar-refractivity contribution in [3.05, 3.63) is 19.2 Å². The number of carbonyl (C=O) groups excluding carboxylic acids is 1. The molecule has 0 aliphatic carbocycles. The van der Waals surface area contributed by atoms with E-state index in [1.54, 1.807) is 11.3 Å². The Morgan fingerprint density at radius 1 is 1.62 bits per heavy atom. The molecule has 0 spiro atoms. The lowest BCUT2D eigenvalue weighted by Crippen LogP contribution is -2.02. The van der Waals surface area contributed by atoms with Crippen molar-refractivity contribution in [2.24, 2.45) is 0 Å². The summed E-state index contributed by atoms with van der Waals surface area (Å²) in [7, 11) is 0. The van der Waals surface area contributed by atoms with E-state index < -0.39 is 0 Å². The van der Waals surface area contributed by atoms with Crippen LogP contribution in [-0.2, 0) is 16.0 Å². The van der Waals surface area contributed by atoms with Gasteiger partial charge in [0.05, 0.1) is 14.2 Å². The summed E-state index contributed by atoms with van der Waals surface area (Å²) in [5, 5.41) is 0. The molecular formula is C8H8Br2O2S. The molecular weight excluding hydrogens is 320 g/mol. The van der Waals surface area contributed by atoms with Crippen LogP contribution in [0.1, 0.15) is 12.5 Å². The molecule has 0 saturated carbocycles. The summed E-state index contributed by atoms with van der Waals surface area (Å²) < 4.78 is 7.01. The third-order valence-electron chi connectivity index (χ3n) is 1.40. The molecule has 0 bridgehead atoms. The van der Waals surface area contributed by atoms with Crippen LogP contribution < -0.4 is 0 Å². The summed E-state index contributed by atoms with van der Waals surface area (Å²) in [6.45, 7) is 1.86. The SMILES string of the molecule is CC(=O)OCCc1cc(Br)sc1Br. The Morgan fingerprint density at radius 3 is 2.77 bits per heavy atom. The Labute approximate surface area is 97.5 Å². The number of esters is 1. The lowest BCUT2D eigenvalue weighted by atomic mass is 10.3. The van der Waals surface area contributed by atoms with E-state index in [2.05, 4.69) is 31.9 Å². The molecule has 1 aromatic rings. The first-order chi connectivity index (χ1) is 6.09. The molecule has 0 N–H and O–H groups in total. The first-order valence-electron chi connectivity index (χ1n) is 3.66. The zero-order chi connectivity index (χ0) is 9.84. The van der Waals surface area contributed by atoms with Gasteiger partial charge in [-0.1, -0.05) is 0 Å². The van der Waals surface area contributed by atoms with Gasteiger partial charge in [0, 0.05) is 13.3 Å². The van der Waals surface area contributed by atoms with Crippen molar-refractivity contribution in [2.75, 3.05) is 6.61 Å². The molecule has 0 saturated heterocycles. The lowest BCUT2D eigenvalue weighted by molar-refractivity contribution is -0.140. The molecule has 0 amide bonds. The summed E-state index contributed by atoms with van der Waals surface area (Å²) in [6, 6.07) is 2.03. The lowest BCUT2D eigenvalue weighted by Gasteiger charge is -1.99. The molecule has 13 heavy (non-hydrogen) atoms. The molecule has 0 unspecified atom stereocenters. The third-order valence-corrected chi connectivity index (χ3v) is 3.87. The van der Waals surface area contributed by atoms with Crippen molar-refractivity contribution in [1.82, 2.24) is 0 Å². The molecule has 2 nitrogen and oxygen atoms in total. The van der Waals surface area contributed by atoms with E-state index in [9.17, 15) is 4.79 Å². The Kier molecular flexibility index (Phi) is 4.41. The van der Waals surface area contributed by atoms with Crippen LogP contribution in [-0.4, -0.2) is 12.6 Å². The van der Waals surface area contributed by atoms with E-state index in [1.807, 2.05) is 6.07 Å². The summed E-state index contributed by atoms with van der Waals surface area (Å²) in [6.07, 6.45) is 0.752. The molecule has 1 aromatic heterocycles. The highest BCUT2D eigenvalue weighted by molar-refractivity contribution is 9.12. The maximum atomic E-state index is 10.5. The van der Waals surface area contributed by atoms with E-state index in [1.165, 1.54) is 6.92 Å². The molecule has 0 fully saturated rings. The zero-order valence-corrected chi connectivity index (χ0v) is 11.0. The second kappa shape index (κ2) is 5.12. The molecule has 72 valence electrons. The van der Waals surface area contributed by atoms with Crippen LogP contribution in [0, 0.1) is 0 Å². The predicted molar refractivity (Wildman–Crippen MR) is 60.1 cm³/mol. The average molecular weight is 328 g/mol. The number of ether oxygens (including phenoxy) is 1. The third kappa shape index (κ3) is 3.79. The second-order valence-corrected chi connectivity index (χ2v) is 6.19. The van der Waals surface area contributed by atoms with Crippen LogP contribution in [0.5, 0.6) is 0 Å².